The van der Waals surface area contributed by atoms with Crippen LogP contribution in [0, 0.1) is 0 Å². The van der Waals surface area contributed by atoms with Crippen molar-refractivity contribution >= 4 is 38.2 Å². The zero-order valence-electron chi connectivity index (χ0n) is 18.9. The summed E-state index contributed by atoms with van der Waals surface area (Å²) in [5.41, 5.74) is 1.71. The molecule has 2 aliphatic rings. The quantitative estimate of drug-likeness (QED) is 0.620. The van der Waals surface area contributed by atoms with Crippen molar-refractivity contribution in [1.29, 1.82) is 0 Å². The highest BCUT2D eigenvalue weighted by molar-refractivity contribution is 7.89. The minimum Gasteiger partial charge on any atom is -0.462 e. The molecule has 1 aromatic heterocycles. The summed E-state index contributed by atoms with van der Waals surface area (Å²) in [6, 6.07) is 5.85. The van der Waals surface area contributed by atoms with Crippen LogP contribution in [-0.4, -0.2) is 56.5 Å². The molecule has 1 fully saturated rings. The molecule has 1 N–H and O–H groups in total. The highest BCUT2D eigenvalue weighted by atomic mass is 32.2. The Hall–Kier alpha value is -2.27. The minimum atomic E-state index is -3.69. The maximum absolute atomic E-state index is 13.0. The predicted molar refractivity (Wildman–Crippen MR) is 125 cm³/mol. The van der Waals surface area contributed by atoms with Crippen molar-refractivity contribution in [3.63, 3.8) is 0 Å². The number of rotatable bonds is 6. The van der Waals surface area contributed by atoms with E-state index in [1.165, 1.54) is 39.9 Å². The fraction of sp³-hybridized carbons (Fsp3) is 0.478. The van der Waals surface area contributed by atoms with Crippen molar-refractivity contribution in [3.8, 4) is 0 Å². The number of carbonyl (C=O) groups excluding carboxylic acids is 2. The van der Waals surface area contributed by atoms with E-state index >= 15 is 0 Å². The second kappa shape index (κ2) is 9.54. The molecule has 4 rings (SSSR count). The molecule has 8 nitrogen and oxygen atoms in total. The number of hydrogen-bond acceptors (Lipinski definition) is 7. The number of sulfonamides is 1. The van der Waals surface area contributed by atoms with Crippen LogP contribution in [0.25, 0.3) is 0 Å². The van der Waals surface area contributed by atoms with Gasteiger partial charge in [-0.1, -0.05) is 0 Å². The van der Waals surface area contributed by atoms with E-state index < -0.39 is 21.9 Å². The number of anilines is 1. The van der Waals surface area contributed by atoms with Crippen molar-refractivity contribution in [2.24, 2.45) is 0 Å². The first-order valence-electron chi connectivity index (χ1n) is 11.1. The Morgan fingerprint density at radius 3 is 2.45 bits per heavy atom. The molecule has 1 aliphatic heterocycles. The van der Waals surface area contributed by atoms with Gasteiger partial charge in [0.2, 0.25) is 10.0 Å². The van der Waals surface area contributed by atoms with E-state index in [9.17, 15) is 18.0 Å². The lowest BCUT2D eigenvalue weighted by atomic mass is 10.1. The summed E-state index contributed by atoms with van der Waals surface area (Å²) in [7, 11) is -3.69. The van der Waals surface area contributed by atoms with Gasteiger partial charge in [0.15, 0.2) is 0 Å². The molecule has 0 saturated carbocycles. The van der Waals surface area contributed by atoms with E-state index in [2.05, 4.69) is 5.32 Å². The van der Waals surface area contributed by atoms with Crippen LogP contribution < -0.4 is 5.32 Å². The topological polar surface area (TPSA) is 102 Å². The number of amides is 1. The zero-order valence-corrected chi connectivity index (χ0v) is 20.6. The minimum absolute atomic E-state index is 0.127. The fourth-order valence-electron chi connectivity index (χ4n) is 4.34. The zero-order chi connectivity index (χ0) is 23.8. The number of morpholine rings is 1. The Morgan fingerprint density at radius 2 is 1.82 bits per heavy atom. The number of hydrogen-bond donors (Lipinski definition) is 1. The normalized spacial score (nSPS) is 20.9. The second-order valence-electron chi connectivity index (χ2n) is 8.34. The molecular weight excluding hydrogens is 464 g/mol. The SMILES string of the molecule is CCOC(=O)c1c(NC(=O)c2ccc(S(=O)(=O)N3C[C@@H](C)O[C@H](C)C3)cc2)sc2c1CCC2. The van der Waals surface area contributed by atoms with Gasteiger partial charge in [-0.25, -0.2) is 13.2 Å². The van der Waals surface area contributed by atoms with Gasteiger partial charge in [-0.2, -0.15) is 4.31 Å². The Kier molecular flexibility index (Phi) is 6.90. The summed E-state index contributed by atoms with van der Waals surface area (Å²) in [4.78, 5) is 26.6. The Labute approximate surface area is 197 Å². The highest BCUT2D eigenvalue weighted by Crippen LogP contribution is 2.39. The Bertz CT molecular complexity index is 1150. The molecule has 2 aromatic rings. The summed E-state index contributed by atoms with van der Waals surface area (Å²) in [6.45, 7) is 6.26. The first-order valence-corrected chi connectivity index (χ1v) is 13.3. The molecule has 33 heavy (non-hydrogen) atoms. The Balaban J connectivity index is 1.52. The van der Waals surface area contributed by atoms with Crippen LogP contribution in [-0.2, 0) is 32.3 Å². The van der Waals surface area contributed by atoms with Gasteiger partial charge in [0.25, 0.3) is 5.91 Å². The van der Waals surface area contributed by atoms with Crippen LogP contribution in [0.15, 0.2) is 29.2 Å². The largest absolute Gasteiger partial charge is 0.462 e. The number of benzene rings is 1. The molecule has 1 saturated heterocycles. The standard InChI is InChI=1S/C23H28N2O6S2/c1-4-30-23(27)20-18-6-5-7-19(18)32-22(20)24-21(26)16-8-10-17(11-9-16)33(28,29)25-12-14(2)31-15(3)13-25/h8-11,14-15H,4-7,12-13H2,1-3H3,(H,24,26)/t14-,15-/m1/s1. The van der Waals surface area contributed by atoms with Crippen LogP contribution in [0.3, 0.4) is 0 Å². The third kappa shape index (κ3) is 4.84. The molecule has 0 radical (unpaired) electrons. The van der Waals surface area contributed by atoms with Gasteiger partial charge in [0.1, 0.15) is 5.00 Å². The molecule has 1 aliphatic carbocycles. The van der Waals surface area contributed by atoms with Crippen LogP contribution in [0.2, 0.25) is 0 Å². The second-order valence-corrected chi connectivity index (χ2v) is 11.4. The van der Waals surface area contributed by atoms with Crippen LogP contribution in [0.5, 0.6) is 0 Å². The number of ether oxygens (including phenoxy) is 2. The first-order chi connectivity index (χ1) is 15.7. The van der Waals surface area contributed by atoms with Crippen molar-refractivity contribution in [1.82, 2.24) is 4.31 Å². The van der Waals surface area contributed by atoms with Crippen molar-refractivity contribution in [2.45, 2.75) is 57.1 Å². The molecule has 1 aromatic carbocycles. The molecule has 0 spiro atoms. The number of nitrogens with zero attached hydrogens (tertiary/aromatic N) is 1. The number of thiophene rings is 1. The molecule has 1 amide bonds. The van der Waals surface area contributed by atoms with E-state index in [1.54, 1.807) is 6.92 Å². The number of carbonyl (C=O) groups is 2. The predicted octanol–water partition coefficient (Wildman–Crippen LogP) is 3.46. The first kappa shape index (κ1) is 23.9. The third-order valence-corrected chi connectivity index (χ3v) is 8.82. The monoisotopic (exact) mass is 492 g/mol. The third-order valence-electron chi connectivity index (χ3n) is 5.77. The molecule has 178 valence electrons. The van der Waals surface area contributed by atoms with Crippen molar-refractivity contribution in [3.05, 3.63) is 45.8 Å². The lowest BCUT2D eigenvalue weighted by Gasteiger charge is -2.34. The van der Waals surface area contributed by atoms with Gasteiger partial charge >= 0.3 is 5.97 Å². The number of aryl methyl sites for hydroxylation is 1. The van der Waals surface area contributed by atoms with Gasteiger partial charge in [-0.05, 0) is 69.9 Å². The van der Waals surface area contributed by atoms with E-state index in [0.717, 1.165) is 29.7 Å². The summed E-state index contributed by atoms with van der Waals surface area (Å²) in [5.74, 6) is -0.833. The van der Waals surface area contributed by atoms with Gasteiger partial charge in [0.05, 0.1) is 29.3 Å². The average molecular weight is 493 g/mol. The Morgan fingerprint density at radius 1 is 1.15 bits per heavy atom. The van der Waals surface area contributed by atoms with E-state index in [0.29, 0.717) is 16.1 Å². The molecule has 2 heterocycles. The van der Waals surface area contributed by atoms with Crippen LogP contribution in [0.1, 0.15) is 58.3 Å². The van der Waals surface area contributed by atoms with Crippen LogP contribution in [0.4, 0.5) is 5.00 Å². The van der Waals surface area contributed by atoms with Crippen LogP contribution >= 0.6 is 11.3 Å². The average Bonchev–Trinajstić information content (AvgIpc) is 3.34. The van der Waals surface area contributed by atoms with Crippen molar-refractivity contribution in [2.75, 3.05) is 25.0 Å². The van der Waals surface area contributed by atoms with E-state index in [4.69, 9.17) is 9.47 Å². The lowest BCUT2D eigenvalue weighted by Crippen LogP contribution is -2.48. The summed E-state index contributed by atoms with van der Waals surface area (Å²) < 4.78 is 38.3. The van der Waals surface area contributed by atoms with E-state index in [1.807, 2.05) is 13.8 Å². The van der Waals surface area contributed by atoms with Crippen molar-refractivity contribution < 1.29 is 27.5 Å². The lowest BCUT2D eigenvalue weighted by molar-refractivity contribution is -0.0440. The molecule has 0 bridgehead atoms. The van der Waals surface area contributed by atoms with Gasteiger partial charge in [-0.3, -0.25) is 4.79 Å². The maximum Gasteiger partial charge on any atom is 0.341 e. The number of nitrogens with one attached hydrogen (secondary N) is 1. The summed E-state index contributed by atoms with van der Waals surface area (Å²) in [5, 5.41) is 3.31. The summed E-state index contributed by atoms with van der Waals surface area (Å²) in [6.07, 6.45) is 2.29. The van der Waals surface area contributed by atoms with Gasteiger partial charge < -0.3 is 14.8 Å². The summed E-state index contributed by atoms with van der Waals surface area (Å²) >= 11 is 1.41. The van der Waals surface area contributed by atoms with Gasteiger partial charge in [-0.15, -0.1) is 11.3 Å². The highest BCUT2D eigenvalue weighted by Gasteiger charge is 2.32. The van der Waals surface area contributed by atoms with Gasteiger partial charge in [0, 0.05) is 23.5 Å². The van der Waals surface area contributed by atoms with E-state index in [-0.39, 0.29) is 36.8 Å². The molecule has 10 heteroatoms. The number of esters is 1. The molecule has 2 atom stereocenters. The fourth-order valence-corrected chi connectivity index (χ4v) is 7.20. The smallest absolute Gasteiger partial charge is 0.341 e. The molecule has 0 unspecified atom stereocenters. The number of fused-ring (bicyclic) bond motifs is 1. The maximum atomic E-state index is 13.0. The molecular formula is C23H28N2O6S2.